The maximum Gasteiger partial charge on any atom is 0.255 e. The number of aryl methyl sites for hydroxylation is 1. The lowest BCUT2D eigenvalue weighted by atomic mass is 10.2. The van der Waals surface area contributed by atoms with E-state index in [4.69, 9.17) is 5.73 Å². The summed E-state index contributed by atoms with van der Waals surface area (Å²) < 4.78 is 0.756. The topological polar surface area (TPSA) is 68.0 Å². The van der Waals surface area contributed by atoms with Crippen LogP contribution in [0.3, 0.4) is 0 Å². The Morgan fingerprint density at radius 1 is 1.33 bits per heavy atom. The first-order valence-corrected chi connectivity index (χ1v) is 6.14. The molecule has 2 rings (SSSR count). The molecule has 0 spiro atoms. The highest BCUT2D eigenvalue weighted by atomic mass is 79.9. The Hall–Kier alpha value is -1.88. The number of halogens is 1. The second-order valence-electron chi connectivity index (χ2n) is 3.88. The van der Waals surface area contributed by atoms with E-state index in [1.165, 1.54) is 0 Å². The number of carbonyl (C=O) groups is 1. The third-order valence-corrected chi connectivity index (χ3v) is 3.10. The van der Waals surface area contributed by atoms with Crippen molar-refractivity contribution in [3.05, 3.63) is 52.3 Å². The zero-order valence-electron chi connectivity index (χ0n) is 9.77. The van der Waals surface area contributed by atoms with Gasteiger partial charge in [0.1, 0.15) is 0 Å². The predicted octanol–water partition coefficient (Wildman–Crippen LogP) is 2.99. The summed E-state index contributed by atoms with van der Waals surface area (Å²) in [6, 6.07) is 8.67. The Kier molecular flexibility index (Phi) is 3.62. The number of carbonyl (C=O) groups excluding carboxylic acids is 1. The molecule has 1 aromatic heterocycles. The van der Waals surface area contributed by atoms with E-state index < -0.39 is 0 Å². The zero-order chi connectivity index (χ0) is 13.1. The number of pyridine rings is 1. The summed E-state index contributed by atoms with van der Waals surface area (Å²) in [6.07, 6.45) is 1.61. The SMILES string of the molecule is Cc1cc(C(=O)Nc2ccc(N)c(Br)c2)ccn1. The quantitative estimate of drug-likeness (QED) is 0.838. The minimum atomic E-state index is -0.169. The number of nitrogens with one attached hydrogen (secondary N) is 1. The largest absolute Gasteiger partial charge is 0.398 e. The Balaban J connectivity index is 2.18. The molecule has 0 aliphatic carbocycles. The smallest absolute Gasteiger partial charge is 0.255 e. The first-order chi connectivity index (χ1) is 8.56. The summed E-state index contributed by atoms with van der Waals surface area (Å²) >= 11 is 3.32. The molecule has 1 heterocycles. The fourth-order valence-corrected chi connectivity index (χ4v) is 1.87. The van der Waals surface area contributed by atoms with Crippen LogP contribution in [0.1, 0.15) is 16.1 Å². The van der Waals surface area contributed by atoms with Crippen molar-refractivity contribution in [1.82, 2.24) is 4.98 Å². The molecular weight excluding hydrogens is 294 g/mol. The fourth-order valence-electron chi connectivity index (χ4n) is 1.49. The summed E-state index contributed by atoms with van der Waals surface area (Å²) in [7, 11) is 0. The van der Waals surface area contributed by atoms with Gasteiger partial charge in [0.15, 0.2) is 0 Å². The standard InChI is InChI=1S/C13H12BrN3O/c1-8-6-9(4-5-16-8)13(18)17-10-2-3-12(15)11(14)7-10/h2-7H,15H2,1H3,(H,17,18). The molecule has 4 nitrogen and oxygen atoms in total. The number of benzene rings is 1. The summed E-state index contributed by atoms with van der Waals surface area (Å²) in [5.41, 5.74) is 8.39. The third-order valence-electron chi connectivity index (χ3n) is 2.42. The van der Waals surface area contributed by atoms with Crippen LogP contribution in [0.15, 0.2) is 41.0 Å². The highest BCUT2D eigenvalue weighted by Gasteiger charge is 2.07. The molecule has 0 saturated heterocycles. The van der Waals surface area contributed by atoms with Crippen molar-refractivity contribution in [1.29, 1.82) is 0 Å². The van der Waals surface area contributed by atoms with Crippen LogP contribution in [0, 0.1) is 6.92 Å². The summed E-state index contributed by atoms with van der Waals surface area (Å²) in [4.78, 5) is 16.0. The minimum Gasteiger partial charge on any atom is -0.398 e. The number of nitrogens with two attached hydrogens (primary N) is 1. The normalized spacial score (nSPS) is 10.1. The van der Waals surface area contributed by atoms with Gasteiger partial charge in [0.25, 0.3) is 5.91 Å². The van der Waals surface area contributed by atoms with Gasteiger partial charge in [-0.25, -0.2) is 0 Å². The number of aromatic nitrogens is 1. The van der Waals surface area contributed by atoms with Crippen molar-refractivity contribution < 1.29 is 4.79 Å². The van der Waals surface area contributed by atoms with E-state index in [0.29, 0.717) is 16.9 Å². The fraction of sp³-hybridized carbons (Fsp3) is 0.0769. The molecule has 0 fully saturated rings. The van der Waals surface area contributed by atoms with Crippen molar-refractivity contribution in [2.75, 3.05) is 11.1 Å². The van der Waals surface area contributed by atoms with E-state index in [1.54, 1.807) is 36.5 Å². The van der Waals surface area contributed by atoms with Crippen LogP contribution in [-0.4, -0.2) is 10.9 Å². The lowest BCUT2D eigenvalue weighted by Gasteiger charge is -2.07. The average molecular weight is 306 g/mol. The molecule has 0 aliphatic rings. The molecular formula is C13H12BrN3O. The number of nitrogen functional groups attached to an aromatic ring is 1. The van der Waals surface area contributed by atoms with E-state index >= 15 is 0 Å². The molecule has 92 valence electrons. The van der Waals surface area contributed by atoms with Gasteiger partial charge in [-0.2, -0.15) is 0 Å². The van der Waals surface area contributed by atoms with Gasteiger partial charge in [-0.05, 0) is 53.2 Å². The summed E-state index contributed by atoms with van der Waals surface area (Å²) in [6.45, 7) is 1.84. The van der Waals surface area contributed by atoms with E-state index in [1.807, 2.05) is 6.92 Å². The van der Waals surface area contributed by atoms with Crippen molar-refractivity contribution >= 4 is 33.2 Å². The van der Waals surface area contributed by atoms with Gasteiger partial charge in [0.05, 0.1) is 0 Å². The van der Waals surface area contributed by atoms with Gasteiger partial charge >= 0.3 is 0 Å². The molecule has 3 N–H and O–H groups in total. The zero-order valence-corrected chi connectivity index (χ0v) is 11.4. The molecule has 1 aromatic carbocycles. The van der Waals surface area contributed by atoms with Crippen molar-refractivity contribution in [2.24, 2.45) is 0 Å². The molecule has 0 aliphatic heterocycles. The molecule has 1 amide bonds. The van der Waals surface area contributed by atoms with E-state index in [2.05, 4.69) is 26.2 Å². The maximum absolute atomic E-state index is 12.0. The lowest BCUT2D eigenvalue weighted by molar-refractivity contribution is 0.102. The second kappa shape index (κ2) is 5.18. The van der Waals surface area contributed by atoms with Crippen molar-refractivity contribution in [3.63, 3.8) is 0 Å². The molecule has 5 heteroatoms. The van der Waals surface area contributed by atoms with Crippen LogP contribution in [-0.2, 0) is 0 Å². The van der Waals surface area contributed by atoms with Gasteiger partial charge in [0, 0.05) is 33.3 Å². The Morgan fingerprint density at radius 3 is 2.78 bits per heavy atom. The van der Waals surface area contributed by atoms with E-state index in [0.717, 1.165) is 10.2 Å². The monoisotopic (exact) mass is 305 g/mol. The molecule has 2 aromatic rings. The maximum atomic E-state index is 12.0. The number of anilines is 2. The van der Waals surface area contributed by atoms with Crippen LogP contribution in [0.25, 0.3) is 0 Å². The van der Waals surface area contributed by atoms with Gasteiger partial charge in [-0.3, -0.25) is 9.78 Å². The van der Waals surface area contributed by atoms with Gasteiger partial charge in [-0.15, -0.1) is 0 Å². The summed E-state index contributed by atoms with van der Waals surface area (Å²) in [5, 5.41) is 2.80. The number of hydrogen-bond donors (Lipinski definition) is 2. The lowest BCUT2D eigenvalue weighted by Crippen LogP contribution is -2.12. The third kappa shape index (κ3) is 2.87. The molecule has 0 saturated carbocycles. The Bertz CT molecular complexity index is 599. The predicted molar refractivity (Wildman–Crippen MR) is 75.5 cm³/mol. The van der Waals surface area contributed by atoms with Crippen LogP contribution >= 0.6 is 15.9 Å². The highest BCUT2D eigenvalue weighted by molar-refractivity contribution is 9.10. The number of rotatable bonds is 2. The molecule has 0 unspecified atom stereocenters. The van der Waals surface area contributed by atoms with Gasteiger partial charge in [-0.1, -0.05) is 0 Å². The second-order valence-corrected chi connectivity index (χ2v) is 4.73. The Morgan fingerprint density at radius 2 is 2.11 bits per heavy atom. The van der Waals surface area contributed by atoms with Gasteiger partial charge in [0.2, 0.25) is 0 Å². The van der Waals surface area contributed by atoms with Crippen LogP contribution in [0.5, 0.6) is 0 Å². The number of hydrogen-bond acceptors (Lipinski definition) is 3. The van der Waals surface area contributed by atoms with Crippen LogP contribution < -0.4 is 11.1 Å². The minimum absolute atomic E-state index is 0.169. The first-order valence-electron chi connectivity index (χ1n) is 5.35. The van der Waals surface area contributed by atoms with E-state index in [9.17, 15) is 4.79 Å². The first kappa shape index (κ1) is 12.6. The number of nitrogens with zero attached hydrogens (tertiary/aromatic N) is 1. The average Bonchev–Trinajstić information content (AvgIpc) is 2.34. The molecule has 0 atom stereocenters. The van der Waals surface area contributed by atoms with Crippen LogP contribution in [0.2, 0.25) is 0 Å². The summed E-state index contributed by atoms with van der Waals surface area (Å²) in [5.74, 6) is -0.169. The molecule has 0 radical (unpaired) electrons. The number of amides is 1. The Labute approximate surface area is 113 Å². The van der Waals surface area contributed by atoms with Gasteiger partial charge < -0.3 is 11.1 Å². The highest BCUT2D eigenvalue weighted by Crippen LogP contribution is 2.23. The van der Waals surface area contributed by atoms with Crippen LogP contribution in [0.4, 0.5) is 11.4 Å². The van der Waals surface area contributed by atoms with Crippen molar-refractivity contribution in [2.45, 2.75) is 6.92 Å². The van der Waals surface area contributed by atoms with E-state index in [-0.39, 0.29) is 5.91 Å². The molecule has 0 bridgehead atoms. The molecule has 18 heavy (non-hydrogen) atoms. The van der Waals surface area contributed by atoms with Crippen molar-refractivity contribution in [3.8, 4) is 0 Å².